The minimum absolute atomic E-state index is 0.350. The SMILES string of the molecule is COC(=O)c1ccc(Oc2ccc(C)cc2)cc1. The molecule has 3 heteroatoms. The van der Waals surface area contributed by atoms with Crippen molar-refractivity contribution in [3.63, 3.8) is 0 Å². The average Bonchev–Trinajstić information content (AvgIpc) is 2.41. The molecule has 0 aromatic heterocycles. The summed E-state index contributed by atoms with van der Waals surface area (Å²) in [5.41, 5.74) is 1.69. The van der Waals surface area contributed by atoms with Crippen LogP contribution in [0.15, 0.2) is 48.5 Å². The van der Waals surface area contributed by atoms with Gasteiger partial charge in [0.25, 0.3) is 0 Å². The summed E-state index contributed by atoms with van der Waals surface area (Å²) in [6, 6.07) is 14.6. The molecule has 0 unspecified atom stereocenters. The van der Waals surface area contributed by atoms with Gasteiger partial charge in [0.15, 0.2) is 0 Å². The van der Waals surface area contributed by atoms with E-state index >= 15 is 0 Å². The number of ether oxygens (including phenoxy) is 2. The number of benzene rings is 2. The van der Waals surface area contributed by atoms with Crippen molar-refractivity contribution in [1.82, 2.24) is 0 Å². The number of rotatable bonds is 3. The van der Waals surface area contributed by atoms with E-state index in [0.29, 0.717) is 11.3 Å². The van der Waals surface area contributed by atoms with E-state index in [9.17, 15) is 4.79 Å². The first-order chi connectivity index (χ1) is 8.69. The third-order valence-electron chi connectivity index (χ3n) is 2.53. The third kappa shape index (κ3) is 2.88. The monoisotopic (exact) mass is 242 g/mol. The number of methoxy groups -OCH3 is 1. The lowest BCUT2D eigenvalue weighted by molar-refractivity contribution is 0.0600. The number of hydrogen-bond acceptors (Lipinski definition) is 3. The second kappa shape index (κ2) is 5.36. The van der Waals surface area contributed by atoms with E-state index in [0.717, 1.165) is 5.75 Å². The van der Waals surface area contributed by atoms with Gasteiger partial charge in [0.05, 0.1) is 12.7 Å². The van der Waals surface area contributed by atoms with Crippen molar-refractivity contribution in [3.8, 4) is 11.5 Å². The van der Waals surface area contributed by atoms with Crippen LogP contribution in [0.25, 0.3) is 0 Å². The molecule has 0 atom stereocenters. The van der Waals surface area contributed by atoms with Crippen LogP contribution in [-0.2, 0) is 4.74 Å². The van der Waals surface area contributed by atoms with Crippen LogP contribution in [0.4, 0.5) is 0 Å². The van der Waals surface area contributed by atoms with Gasteiger partial charge < -0.3 is 9.47 Å². The van der Waals surface area contributed by atoms with E-state index in [-0.39, 0.29) is 5.97 Å². The molecule has 0 aliphatic rings. The minimum atomic E-state index is -0.350. The van der Waals surface area contributed by atoms with Crippen LogP contribution in [0.1, 0.15) is 15.9 Å². The quantitative estimate of drug-likeness (QED) is 0.772. The number of aryl methyl sites for hydroxylation is 1. The third-order valence-corrected chi connectivity index (χ3v) is 2.53. The Morgan fingerprint density at radius 3 is 1.89 bits per heavy atom. The van der Waals surface area contributed by atoms with Crippen molar-refractivity contribution in [3.05, 3.63) is 59.7 Å². The van der Waals surface area contributed by atoms with Crippen molar-refractivity contribution < 1.29 is 14.3 Å². The van der Waals surface area contributed by atoms with Crippen molar-refractivity contribution in [2.24, 2.45) is 0 Å². The predicted molar refractivity (Wildman–Crippen MR) is 69.0 cm³/mol. The Morgan fingerprint density at radius 2 is 1.39 bits per heavy atom. The van der Waals surface area contributed by atoms with Crippen molar-refractivity contribution in [2.75, 3.05) is 7.11 Å². The Bertz CT molecular complexity index is 527. The van der Waals surface area contributed by atoms with Gasteiger partial charge in [0.1, 0.15) is 11.5 Å². The van der Waals surface area contributed by atoms with Gasteiger partial charge in [-0.2, -0.15) is 0 Å². The molecule has 0 heterocycles. The lowest BCUT2D eigenvalue weighted by Crippen LogP contribution is -2.00. The van der Waals surface area contributed by atoms with E-state index in [1.807, 2.05) is 31.2 Å². The fraction of sp³-hybridized carbons (Fsp3) is 0.133. The standard InChI is InChI=1S/C15H14O3/c1-11-3-7-13(8-4-11)18-14-9-5-12(6-10-14)15(16)17-2/h3-10H,1-2H3. The Kier molecular flexibility index (Phi) is 3.63. The summed E-state index contributed by atoms with van der Waals surface area (Å²) in [6.07, 6.45) is 0. The summed E-state index contributed by atoms with van der Waals surface area (Å²) in [6.45, 7) is 2.02. The molecule has 3 nitrogen and oxygen atoms in total. The summed E-state index contributed by atoms with van der Waals surface area (Å²) in [7, 11) is 1.36. The molecule has 0 aliphatic carbocycles. The number of carbonyl (C=O) groups is 1. The van der Waals surface area contributed by atoms with E-state index < -0.39 is 0 Å². The van der Waals surface area contributed by atoms with E-state index in [1.54, 1.807) is 24.3 Å². The Morgan fingerprint density at radius 1 is 0.889 bits per heavy atom. The first kappa shape index (κ1) is 12.2. The summed E-state index contributed by atoms with van der Waals surface area (Å²) in [4.78, 5) is 11.3. The van der Waals surface area contributed by atoms with Crippen LogP contribution in [0.3, 0.4) is 0 Å². The summed E-state index contributed by atoms with van der Waals surface area (Å²) >= 11 is 0. The van der Waals surface area contributed by atoms with Gasteiger partial charge in [-0.1, -0.05) is 17.7 Å². The van der Waals surface area contributed by atoms with Gasteiger partial charge in [-0.05, 0) is 43.3 Å². The van der Waals surface area contributed by atoms with Gasteiger partial charge >= 0.3 is 5.97 Å². The molecule has 0 aliphatic heterocycles. The Balaban J connectivity index is 2.10. The molecule has 18 heavy (non-hydrogen) atoms. The zero-order valence-electron chi connectivity index (χ0n) is 10.3. The normalized spacial score (nSPS) is 9.89. The van der Waals surface area contributed by atoms with Gasteiger partial charge in [-0.25, -0.2) is 4.79 Å². The summed E-state index contributed by atoms with van der Waals surface area (Å²) in [5, 5.41) is 0. The summed E-state index contributed by atoms with van der Waals surface area (Å²) < 4.78 is 10.3. The van der Waals surface area contributed by atoms with Gasteiger partial charge in [-0.3, -0.25) is 0 Å². The van der Waals surface area contributed by atoms with Crippen LogP contribution in [0, 0.1) is 6.92 Å². The largest absolute Gasteiger partial charge is 0.465 e. The highest BCUT2D eigenvalue weighted by Crippen LogP contribution is 2.22. The molecule has 2 rings (SSSR count). The molecule has 0 saturated carbocycles. The van der Waals surface area contributed by atoms with Gasteiger partial charge in [0.2, 0.25) is 0 Å². The van der Waals surface area contributed by atoms with Crippen molar-refractivity contribution in [1.29, 1.82) is 0 Å². The fourth-order valence-electron chi connectivity index (χ4n) is 1.52. The highest BCUT2D eigenvalue weighted by molar-refractivity contribution is 5.89. The van der Waals surface area contributed by atoms with Gasteiger partial charge in [-0.15, -0.1) is 0 Å². The summed E-state index contributed by atoms with van der Waals surface area (Å²) in [5.74, 6) is 1.11. The molecule has 92 valence electrons. The number of carbonyl (C=O) groups excluding carboxylic acids is 1. The Labute approximate surface area is 106 Å². The zero-order chi connectivity index (χ0) is 13.0. The van der Waals surface area contributed by atoms with Crippen LogP contribution in [-0.4, -0.2) is 13.1 Å². The predicted octanol–water partition coefficient (Wildman–Crippen LogP) is 3.57. The molecule has 0 spiro atoms. The first-order valence-electron chi connectivity index (χ1n) is 5.62. The second-order valence-electron chi connectivity index (χ2n) is 3.93. The molecule has 0 radical (unpaired) electrons. The topological polar surface area (TPSA) is 35.5 Å². The highest BCUT2D eigenvalue weighted by Gasteiger charge is 2.04. The van der Waals surface area contributed by atoms with Crippen molar-refractivity contribution >= 4 is 5.97 Å². The first-order valence-corrected chi connectivity index (χ1v) is 5.62. The smallest absolute Gasteiger partial charge is 0.337 e. The van der Waals surface area contributed by atoms with E-state index in [2.05, 4.69) is 4.74 Å². The highest BCUT2D eigenvalue weighted by atomic mass is 16.5. The molecular weight excluding hydrogens is 228 g/mol. The molecule has 2 aromatic rings. The van der Waals surface area contributed by atoms with Crippen LogP contribution in [0.2, 0.25) is 0 Å². The lowest BCUT2D eigenvalue weighted by Gasteiger charge is -2.06. The Hall–Kier alpha value is -2.29. The molecule has 0 fully saturated rings. The lowest BCUT2D eigenvalue weighted by atomic mass is 10.2. The maximum atomic E-state index is 11.3. The van der Waals surface area contributed by atoms with E-state index in [4.69, 9.17) is 4.74 Å². The van der Waals surface area contributed by atoms with Crippen molar-refractivity contribution in [2.45, 2.75) is 6.92 Å². The number of esters is 1. The molecule has 0 N–H and O–H groups in total. The maximum absolute atomic E-state index is 11.3. The van der Waals surface area contributed by atoms with Gasteiger partial charge in [0, 0.05) is 0 Å². The zero-order valence-corrected chi connectivity index (χ0v) is 10.3. The molecule has 2 aromatic carbocycles. The van der Waals surface area contributed by atoms with Crippen LogP contribution >= 0.6 is 0 Å². The molecule has 0 amide bonds. The second-order valence-corrected chi connectivity index (χ2v) is 3.93. The average molecular weight is 242 g/mol. The van der Waals surface area contributed by atoms with E-state index in [1.165, 1.54) is 12.7 Å². The van der Waals surface area contributed by atoms with Crippen LogP contribution in [0.5, 0.6) is 11.5 Å². The maximum Gasteiger partial charge on any atom is 0.337 e. The minimum Gasteiger partial charge on any atom is -0.465 e. The fourth-order valence-corrected chi connectivity index (χ4v) is 1.52. The molecule has 0 bridgehead atoms. The number of hydrogen-bond donors (Lipinski definition) is 0. The molecular formula is C15H14O3. The van der Waals surface area contributed by atoms with Crippen LogP contribution < -0.4 is 4.74 Å². The molecule has 0 saturated heterocycles.